The number of ether oxygens (including phenoxy) is 1. The van der Waals surface area contributed by atoms with E-state index in [0.29, 0.717) is 13.0 Å². The van der Waals surface area contributed by atoms with Crippen LogP contribution in [0.15, 0.2) is 24.3 Å². The first-order chi connectivity index (χ1) is 11.4. The molecule has 6 nitrogen and oxygen atoms in total. The summed E-state index contributed by atoms with van der Waals surface area (Å²) in [6.07, 6.45) is 1.97. The maximum absolute atomic E-state index is 13.1. The fourth-order valence-corrected chi connectivity index (χ4v) is 4.88. The summed E-state index contributed by atoms with van der Waals surface area (Å²) in [5.41, 5.74) is 0.762. The predicted molar refractivity (Wildman–Crippen MR) is 86.8 cm³/mol. The molecule has 1 aromatic rings. The van der Waals surface area contributed by atoms with Gasteiger partial charge >= 0.3 is 6.03 Å². The molecule has 2 saturated heterocycles. The molecule has 2 fully saturated rings. The average Bonchev–Trinajstić information content (AvgIpc) is 3.16. The SMILES string of the molecule is O=C(N[C@@H]1CCS(=O)(=O)C1)N[C@H](c1ccc(F)cc1)[C@@H]1CCCO1. The van der Waals surface area contributed by atoms with Gasteiger partial charge in [-0.15, -0.1) is 0 Å². The van der Waals surface area contributed by atoms with Gasteiger partial charge in [0.05, 0.1) is 23.7 Å². The highest BCUT2D eigenvalue weighted by atomic mass is 32.2. The van der Waals surface area contributed by atoms with Crippen LogP contribution in [0.25, 0.3) is 0 Å². The van der Waals surface area contributed by atoms with Gasteiger partial charge in [0.25, 0.3) is 0 Å². The summed E-state index contributed by atoms with van der Waals surface area (Å²) in [6.45, 7) is 0.631. The van der Waals surface area contributed by atoms with E-state index in [9.17, 15) is 17.6 Å². The van der Waals surface area contributed by atoms with Gasteiger partial charge in [0.15, 0.2) is 9.84 Å². The van der Waals surface area contributed by atoms with Crippen molar-refractivity contribution in [3.8, 4) is 0 Å². The highest BCUT2D eigenvalue weighted by molar-refractivity contribution is 7.91. The van der Waals surface area contributed by atoms with Crippen LogP contribution in [-0.2, 0) is 14.6 Å². The quantitative estimate of drug-likeness (QED) is 0.857. The zero-order valence-electron chi connectivity index (χ0n) is 13.2. The topological polar surface area (TPSA) is 84.5 Å². The maximum Gasteiger partial charge on any atom is 0.315 e. The molecule has 2 N–H and O–H groups in total. The van der Waals surface area contributed by atoms with Crippen LogP contribution in [0.5, 0.6) is 0 Å². The highest BCUT2D eigenvalue weighted by Crippen LogP contribution is 2.27. The molecule has 0 aliphatic carbocycles. The molecule has 2 aliphatic heterocycles. The molecule has 2 heterocycles. The number of benzene rings is 1. The Morgan fingerprint density at radius 3 is 2.58 bits per heavy atom. The molecule has 3 atom stereocenters. The first-order valence-electron chi connectivity index (χ1n) is 8.07. The highest BCUT2D eigenvalue weighted by Gasteiger charge is 2.32. The Morgan fingerprint density at radius 2 is 2.00 bits per heavy atom. The van der Waals surface area contributed by atoms with Crippen LogP contribution in [0, 0.1) is 5.82 Å². The number of rotatable bonds is 4. The van der Waals surface area contributed by atoms with E-state index in [1.807, 2.05) is 0 Å². The summed E-state index contributed by atoms with van der Waals surface area (Å²) in [6, 6.07) is 4.76. The number of hydrogen-bond donors (Lipinski definition) is 2. The number of halogens is 1. The van der Waals surface area contributed by atoms with Crippen LogP contribution in [-0.4, -0.2) is 44.7 Å². The van der Waals surface area contributed by atoms with Crippen molar-refractivity contribution in [2.45, 2.75) is 37.5 Å². The van der Waals surface area contributed by atoms with Crippen molar-refractivity contribution in [3.05, 3.63) is 35.6 Å². The van der Waals surface area contributed by atoms with Gasteiger partial charge in [-0.2, -0.15) is 0 Å². The van der Waals surface area contributed by atoms with E-state index in [4.69, 9.17) is 4.74 Å². The number of carbonyl (C=O) groups is 1. The molecule has 3 rings (SSSR count). The Morgan fingerprint density at radius 1 is 1.25 bits per heavy atom. The molecule has 0 aromatic heterocycles. The molecule has 2 aliphatic rings. The Labute approximate surface area is 140 Å². The molecule has 2 amide bonds. The largest absolute Gasteiger partial charge is 0.376 e. The number of sulfone groups is 1. The molecule has 0 unspecified atom stereocenters. The average molecular weight is 356 g/mol. The van der Waals surface area contributed by atoms with Crippen LogP contribution >= 0.6 is 0 Å². The lowest BCUT2D eigenvalue weighted by molar-refractivity contribution is 0.0806. The molecule has 0 saturated carbocycles. The molecular weight excluding hydrogens is 335 g/mol. The van der Waals surface area contributed by atoms with Gasteiger partial charge in [-0.05, 0) is 37.0 Å². The summed E-state index contributed by atoms with van der Waals surface area (Å²) in [4.78, 5) is 12.3. The molecule has 0 bridgehead atoms. The lowest BCUT2D eigenvalue weighted by atomic mass is 9.99. The van der Waals surface area contributed by atoms with Crippen molar-refractivity contribution >= 4 is 15.9 Å². The minimum atomic E-state index is -3.05. The third-order valence-electron chi connectivity index (χ3n) is 4.42. The zero-order chi connectivity index (χ0) is 17.2. The molecule has 8 heteroatoms. The summed E-state index contributed by atoms with van der Waals surface area (Å²) < 4.78 is 41.8. The van der Waals surface area contributed by atoms with Crippen molar-refractivity contribution in [3.63, 3.8) is 0 Å². The number of nitrogens with one attached hydrogen (secondary N) is 2. The van der Waals surface area contributed by atoms with Crippen molar-refractivity contribution in [2.24, 2.45) is 0 Å². The Bertz CT molecular complexity index is 687. The number of carbonyl (C=O) groups excluding carboxylic acids is 1. The molecule has 0 radical (unpaired) electrons. The normalized spacial score (nSPS) is 26.9. The Hall–Kier alpha value is -1.67. The van der Waals surface area contributed by atoms with Crippen molar-refractivity contribution < 1.29 is 22.3 Å². The van der Waals surface area contributed by atoms with Gasteiger partial charge in [0, 0.05) is 12.6 Å². The third-order valence-corrected chi connectivity index (χ3v) is 6.19. The second-order valence-electron chi connectivity index (χ2n) is 6.30. The first-order valence-corrected chi connectivity index (χ1v) is 9.90. The summed E-state index contributed by atoms with van der Waals surface area (Å²) in [7, 11) is -3.05. The molecule has 1 aromatic carbocycles. The van der Waals surface area contributed by atoms with Gasteiger partial charge in [0.1, 0.15) is 5.82 Å². The summed E-state index contributed by atoms with van der Waals surface area (Å²) in [5.74, 6) is -0.266. The number of urea groups is 1. The second-order valence-corrected chi connectivity index (χ2v) is 8.53. The van der Waals surface area contributed by atoms with Gasteiger partial charge < -0.3 is 15.4 Å². The van der Waals surface area contributed by atoms with Crippen molar-refractivity contribution in [2.75, 3.05) is 18.1 Å². The molecular formula is C16H21FN2O4S. The van der Waals surface area contributed by atoms with Crippen LogP contribution in [0.3, 0.4) is 0 Å². The summed E-state index contributed by atoms with van der Waals surface area (Å²) in [5, 5.41) is 5.57. The lowest BCUT2D eigenvalue weighted by Gasteiger charge is -2.25. The van der Waals surface area contributed by atoms with Crippen LogP contribution in [0.1, 0.15) is 30.9 Å². The fraction of sp³-hybridized carbons (Fsp3) is 0.562. The van der Waals surface area contributed by atoms with E-state index in [-0.39, 0.29) is 29.5 Å². The molecule has 132 valence electrons. The monoisotopic (exact) mass is 356 g/mol. The van der Waals surface area contributed by atoms with Crippen molar-refractivity contribution in [1.29, 1.82) is 0 Å². The maximum atomic E-state index is 13.1. The first kappa shape index (κ1) is 17.2. The Balaban J connectivity index is 1.67. The van der Waals surface area contributed by atoms with E-state index in [1.165, 1.54) is 12.1 Å². The predicted octanol–water partition coefficient (Wildman–Crippen LogP) is 1.53. The Kier molecular flexibility index (Phi) is 5.05. The van der Waals surface area contributed by atoms with Crippen LogP contribution < -0.4 is 10.6 Å². The molecule has 0 spiro atoms. The smallest absolute Gasteiger partial charge is 0.315 e. The minimum absolute atomic E-state index is 0.0262. The number of amides is 2. The van der Waals surface area contributed by atoms with Gasteiger partial charge in [-0.1, -0.05) is 12.1 Å². The second kappa shape index (κ2) is 7.06. The lowest BCUT2D eigenvalue weighted by Crippen LogP contribution is -2.46. The zero-order valence-corrected chi connectivity index (χ0v) is 14.0. The number of hydrogen-bond acceptors (Lipinski definition) is 4. The van der Waals surface area contributed by atoms with Crippen LogP contribution in [0.2, 0.25) is 0 Å². The molecule has 24 heavy (non-hydrogen) atoms. The minimum Gasteiger partial charge on any atom is -0.376 e. The van der Waals surface area contributed by atoms with E-state index in [2.05, 4.69) is 10.6 Å². The van der Waals surface area contributed by atoms with Crippen LogP contribution in [0.4, 0.5) is 9.18 Å². The van der Waals surface area contributed by atoms with E-state index < -0.39 is 21.9 Å². The van der Waals surface area contributed by atoms with E-state index >= 15 is 0 Å². The van der Waals surface area contributed by atoms with Crippen molar-refractivity contribution in [1.82, 2.24) is 10.6 Å². The van der Waals surface area contributed by atoms with E-state index in [1.54, 1.807) is 12.1 Å². The van der Waals surface area contributed by atoms with E-state index in [0.717, 1.165) is 18.4 Å². The van der Waals surface area contributed by atoms with Gasteiger partial charge in [-0.25, -0.2) is 17.6 Å². The van der Waals surface area contributed by atoms with Gasteiger partial charge in [0.2, 0.25) is 0 Å². The fourth-order valence-electron chi connectivity index (χ4n) is 3.20. The summed E-state index contributed by atoms with van der Waals surface area (Å²) >= 11 is 0. The third kappa shape index (κ3) is 4.24. The van der Waals surface area contributed by atoms with Gasteiger partial charge in [-0.3, -0.25) is 0 Å². The standard InChI is InChI=1S/C16H21FN2O4S/c17-12-5-3-11(4-6-12)15(14-2-1-8-23-14)19-16(20)18-13-7-9-24(21,22)10-13/h3-6,13-15H,1-2,7-10H2,(H2,18,19,20)/t13-,14+,15-/m1/s1.